The van der Waals surface area contributed by atoms with Crippen molar-refractivity contribution in [3.8, 4) is 5.75 Å². The van der Waals surface area contributed by atoms with E-state index in [1.807, 2.05) is 24.3 Å². The van der Waals surface area contributed by atoms with Crippen molar-refractivity contribution < 1.29 is 4.74 Å². The Morgan fingerprint density at radius 2 is 2.04 bits per heavy atom. The minimum Gasteiger partial charge on any atom is -0.495 e. The molecule has 0 unspecified atom stereocenters. The molecular formula is C16H21N9OS. The third kappa shape index (κ3) is 5.03. The van der Waals surface area contributed by atoms with E-state index in [1.54, 1.807) is 11.8 Å². The maximum absolute atomic E-state index is 5.84. The van der Waals surface area contributed by atoms with Crippen LogP contribution in [0.2, 0.25) is 0 Å². The molecule has 2 heterocycles. The van der Waals surface area contributed by atoms with Gasteiger partial charge in [0, 0.05) is 6.54 Å². The first-order valence-corrected chi connectivity index (χ1v) is 9.33. The monoisotopic (exact) mass is 387 g/mol. The predicted molar refractivity (Wildman–Crippen MR) is 103 cm³/mol. The summed E-state index contributed by atoms with van der Waals surface area (Å²) in [6.45, 7) is 4.96. The molecule has 0 fully saturated rings. The lowest BCUT2D eigenvalue weighted by Crippen LogP contribution is -2.09. The van der Waals surface area contributed by atoms with Gasteiger partial charge in [-0.3, -0.25) is 0 Å². The smallest absolute Gasteiger partial charge is 0.232 e. The number of methoxy groups -OCH3 is 1. The van der Waals surface area contributed by atoms with Crippen LogP contribution in [0.5, 0.6) is 5.75 Å². The van der Waals surface area contributed by atoms with E-state index in [0.29, 0.717) is 34.3 Å². The summed E-state index contributed by atoms with van der Waals surface area (Å²) in [5.41, 5.74) is 6.58. The molecule has 3 aromatic rings. The molecule has 0 atom stereocenters. The number of tetrazole rings is 1. The van der Waals surface area contributed by atoms with Gasteiger partial charge in [-0.1, -0.05) is 37.7 Å². The number of anilines is 3. The van der Waals surface area contributed by atoms with Crippen LogP contribution in [0.1, 0.15) is 19.7 Å². The van der Waals surface area contributed by atoms with Crippen LogP contribution in [-0.2, 0) is 12.3 Å². The Morgan fingerprint density at radius 3 is 2.81 bits per heavy atom. The summed E-state index contributed by atoms with van der Waals surface area (Å²) in [6.07, 6.45) is 0. The van der Waals surface area contributed by atoms with Gasteiger partial charge in [-0.05, 0) is 28.5 Å². The average molecular weight is 387 g/mol. The molecule has 0 aliphatic rings. The Morgan fingerprint density at radius 1 is 1.22 bits per heavy atom. The third-order valence-electron chi connectivity index (χ3n) is 3.42. The van der Waals surface area contributed by atoms with Crippen molar-refractivity contribution in [2.45, 2.75) is 31.3 Å². The number of aromatic nitrogens is 7. The fourth-order valence-corrected chi connectivity index (χ4v) is 3.06. The molecule has 10 nitrogen and oxygen atoms in total. The second-order valence-electron chi connectivity index (χ2n) is 6.08. The lowest BCUT2D eigenvalue weighted by molar-refractivity contribution is 0.417. The minimum atomic E-state index is 0.139. The SMILES string of the molecule is COc1ccccc1Nc1nc(N)nc(CSc2nnnn2CC(C)C)n1. The summed E-state index contributed by atoms with van der Waals surface area (Å²) in [4.78, 5) is 12.8. The Bertz CT molecular complexity index is 899. The van der Waals surface area contributed by atoms with Crippen molar-refractivity contribution >= 4 is 29.3 Å². The molecule has 11 heteroatoms. The topological polar surface area (TPSA) is 130 Å². The Hall–Kier alpha value is -2.95. The van der Waals surface area contributed by atoms with Gasteiger partial charge in [0.15, 0.2) is 0 Å². The molecule has 142 valence electrons. The summed E-state index contributed by atoms with van der Waals surface area (Å²) in [5.74, 6) is 2.61. The van der Waals surface area contributed by atoms with Crippen LogP contribution < -0.4 is 15.8 Å². The summed E-state index contributed by atoms with van der Waals surface area (Å²) in [6, 6.07) is 7.49. The number of benzene rings is 1. The van der Waals surface area contributed by atoms with Crippen molar-refractivity contribution in [3.63, 3.8) is 0 Å². The normalized spacial score (nSPS) is 11.0. The number of nitrogen functional groups attached to an aromatic ring is 1. The molecular weight excluding hydrogens is 366 g/mol. The van der Waals surface area contributed by atoms with Crippen LogP contribution in [0, 0.1) is 5.92 Å². The summed E-state index contributed by atoms with van der Waals surface area (Å²) in [7, 11) is 1.60. The highest BCUT2D eigenvalue weighted by Gasteiger charge is 2.12. The van der Waals surface area contributed by atoms with Gasteiger partial charge >= 0.3 is 0 Å². The first-order chi connectivity index (χ1) is 13.0. The molecule has 0 bridgehead atoms. The highest BCUT2D eigenvalue weighted by atomic mass is 32.2. The van der Waals surface area contributed by atoms with E-state index in [2.05, 4.69) is 49.6 Å². The van der Waals surface area contributed by atoms with Gasteiger partial charge in [0.25, 0.3) is 0 Å². The van der Waals surface area contributed by atoms with Gasteiger partial charge in [0.2, 0.25) is 17.1 Å². The summed E-state index contributed by atoms with van der Waals surface area (Å²) >= 11 is 1.45. The lowest BCUT2D eigenvalue weighted by Gasteiger charge is -2.10. The third-order valence-corrected chi connectivity index (χ3v) is 4.37. The zero-order chi connectivity index (χ0) is 19.2. The van der Waals surface area contributed by atoms with Crippen LogP contribution in [-0.4, -0.2) is 42.3 Å². The van der Waals surface area contributed by atoms with Gasteiger partial charge in [-0.25, -0.2) is 4.68 Å². The molecule has 27 heavy (non-hydrogen) atoms. The standard InChI is InChI=1S/C16H21N9OS/c1-10(2)8-25-16(22-23-24-25)27-9-13-19-14(17)21-15(20-13)18-11-6-4-5-7-12(11)26-3/h4-7,10H,8-9H2,1-3H3,(H3,17,18,19,20,21). The molecule has 2 aromatic heterocycles. The largest absolute Gasteiger partial charge is 0.495 e. The maximum atomic E-state index is 5.84. The molecule has 3 N–H and O–H groups in total. The van der Waals surface area contributed by atoms with Crippen LogP contribution >= 0.6 is 11.8 Å². The minimum absolute atomic E-state index is 0.139. The van der Waals surface area contributed by atoms with E-state index in [9.17, 15) is 0 Å². The Labute approximate surface area is 161 Å². The predicted octanol–water partition coefficient (Wildman–Crippen LogP) is 2.14. The fourth-order valence-electron chi connectivity index (χ4n) is 2.32. The number of nitrogens with two attached hydrogens (primary N) is 1. The molecule has 0 saturated carbocycles. The van der Waals surface area contributed by atoms with Crippen LogP contribution in [0.15, 0.2) is 29.4 Å². The Kier molecular flexibility index (Phi) is 6.01. The number of nitrogens with one attached hydrogen (secondary N) is 1. The molecule has 0 amide bonds. The van der Waals surface area contributed by atoms with Crippen molar-refractivity contribution in [2.24, 2.45) is 5.92 Å². The first-order valence-electron chi connectivity index (χ1n) is 8.34. The van der Waals surface area contributed by atoms with E-state index < -0.39 is 0 Å². The molecule has 0 aliphatic carbocycles. The lowest BCUT2D eigenvalue weighted by atomic mass is 10.2. The molecule has 0 radical (unpaired) electrons. The molecule has 3 rings (SSSR count). The van der Waals surface area contributed by atoms with Gasteiger partial charge < -0.3 is 15.8 Å². The van der Waals surface area contributed by atoms with Gasteiger partial charge in [-0.15, -0.1) is 5.10 Å². The quantitative estimate of drug-likeness (QED) is 0.554. The number of nitrogens with zero attached hydrogens (tertiary/aromatic N) is 7. The maximum Gasteiger partial charge on any atom is 0.232 e. The number of hydrogen-bond acceptors (Lipinski definition) is 10. The zero-order valence-electron chi connectivity index (χ0n) is 15.3. The van der Waals surface area contributed by atoms with E-state index in [0.717, 1.165) is 12.2 Å². The van der Waals surface area contributed by atoms with E-state index in [1.165, 1.54) is 11.8 Å². The second kappa shape index (κ2) is 8.62. The molecule has 0 saturated heterocycles. The number of rotatable bonds is 8. The van der Waals surface area contributed by atoms with Crippen LogP contribution in [0.25, 0.3) is 0 Å². The zero-order valence-corrected chi connectivity index (χ0v) is 16.1. The fraction of sp³-hybridized carbons (Fsp3) is 0.375. The van der Waals surface area contributed by atoms with Gasteiger partial charge in [0.1, 0.15) is 11.6 Å². The van der Waals surface area contributed by atoms with Crippen molar-refractivity contribution in [1.29, 1.82) is 0 Å². The molecule has 1 aromatic carbocycles. The van der Waals surface area contributed by atoms with Crippen molar-refractivity contribution in [3.05, 3.63) is 30.1 Å². The van der Waals surface area contributed by atoms with Gasteiger partial charge in [0.05, 0.1) is 18.6 Å². The summed E-state index contributed by atoms with van der Waals surface area (Å²) < 4.78 is 7.10. The van der Waals surface area contributed by atoms with Crippen LogP contribution in [0.4, 0.5) is 17.6 Å². The highest BCUT2D eigenvalue weighted by Crippen LogP contribution is 2.26. The van der Waals surface area contributed by atoms with E-state index in [-0.39, 0.29) is 5.95 Å². The Balaban J connectivity index is 1.73. The number of ether oxygens (including phenoxy) is 1. The molecule has 0 aliphatic heterocycles. The first kappa shape index (κ1) is 18.8. The van der Waals surface area contributed by atoms with E-state index in [4.69, 9.17) is 10.5 Å². The molecule has 0 spiro atoms. The highest BCUT2D eigenvalue weighted by molar-refractivity contribution is 7.98. The average Bonchev–Trinajstić information content (AvgIpc) is 3.06. The number of hydrogen-bond donors (Lipinski definition) is 2. The van der Waals surface area contributed by atoms with Gasteiger partial charge in [-0.2, -0.15) is 15.0 Å². The second-order valence-corrected chi connectivity index (χ2v) is 7.03. The van der Waals surface area contributed by atoms with E-state index >= 15 is 0 Å². The number of para-hydroxylation sites is 2. The van der Waals surface area contributed by atoms with Crippen LogP contribution in [0.3, 0.4) is 0 Å². The van der Waals surface area contributed by atoms with Crippen molar-refractivity contribution in [1.82, 2.24) is 35.2 Å². The number of thioether (sulfide) groups is 1. The summed E-state index contributed by atoms with van der Waals surface area (Å²) in [5, 5.41) is 15.6. The van der Waals surface area contributed by atoms with Crippen molar-refractivity contribution in [2.75, 3.05) is 18.2 Å².